The van der Waals surface area contributed by atoms with Crippen LogP contribution in [0.2, 0.25) is 0 Å². The lowest BCUT2D eigenvalue weighted by Crippen LogP contribution is -2.42. The van der Waals surface area contributed by atoms with Crippen molar-refractivity contribution >= 4 is 17.8 Å². The summed E-state index contributed by atoms with van der Waals surface area (Å²) in [5, 5.41) is 12.9. The van der Waals surface area contributed by atoms with Crippen molar-refractivity contribution in [2.24, 2.45) is 5.10 Å². The van der Waals surface area contributed by atoms with Crippen molar-refractivity contribution in [2.75, 3.05) is 24.6 Å². The van der Waals surface area contributed by atoms with Gasteiger partial charge >= 0.3 is 0 Å². The van der Waals surface area contributed by atoms with Gasteiger partial charge in [-0.15, -0.1) is 0 Å². The predicted octanol–water partition coefficient (Wildman–Crippen LogP) is 3.03. The summed E-state index contributed by atoms with van der Waals surface area (Å²) in [6, 6.07) is 15.4. The minimum Gasteiger partial charge on any atom is -0.485 e. The molecule has 0 spiro atoms. The number of para-hydroxylation sites is 2. The Morgan fingerprint density at radius 1 is 1.34 bits per heavy atom. The molecule has 3 rings (SSSR count). The molecule has 0 radical (unpaired) electrons. The van der Waals surface area contributed by atoms with E-state index in [0.717, 1.165) is 23.4 Å². The summed E-state index contributed by atoms with van der Waals surface area (Å²) in [5.41, 5.74) is 5.51. The third kappa shape index (κ3) is 5.05. The first kappa shape index (κ1) is 20.2. The zero-order chi connectivity index (χ0) is 20.6. The molecule has 0 aliphatic carbocycles. The summed E-state index contributed by atoms with van der Waals surface area (Å²) in [4.78, 5) is 14.5. The standard InChI is InChI=1S/C22H24N4O3/c1-3-26(12-6-11-23)18-10-9-17(16(2)13-18)14-24-25-22(27)21-15-28-19-7-4-5-8-20(19)29-21/h4-5,7-10,13-14,21H,3,6,12,15H2,1-2H3,(H,25,27)/b24-14-/t21-/m0/s1. The number of nitrogens with zero attached hydrogens (tertiary/aromatic N) is 3. The van der Waals surface area contributed by atoms with E-state index in [2.05, 4.69) is 34.5 Å². The molecular formula is C22H24N4O3. The number of nitrogens with one attached hydrogen (secondary N) is 1. The number of hydrazone groups is 1. The number of anilines is 1. The van der Waals surface area contributed by atoms with Crippen LogP contribution in [0, 0.1) is 18.3 Å². The molecule has 2 aromatic rings. The number of hydrogen-bond acceptors (Lipinski definition) is 6. The molecule has 1 N–H and O–H groups in total. The number of benzene rings is 2. The summed E-state index contributed by atoms with van der Waals surface area (Å²) in [6.45, 7) is 5.72. The highest BCUT2D eigenvalue weighted by atomic mass is 16.6. The Balaban J connectivity index is 1.59. The number of fused-ring (bicyclic) bond motifs is 1. The molecule has 1 atom stereocenters. The molecule has 0 saturated heterocycles. The summed E-state index contributed by atoms with van der Waals surface area (Å²) in [6.07, 6.45) is 1.35. The molecule has 150 valence electrons. The molecular weight excluding hydrogens is 368 g/mol. The Kier molecular flexibility index (Phi) is 6.69. The van der Waals surface area contributed by atoms with Crippen LogP contribution >= 0.6 is 0 Å². The van der Waals surface area contributed by atoms with Crippen molar-refractivity contribution in [3.05, 3.63) is 53.6 Å². The second-order valence-corrected chi connectivity index (χ2v) is 6.63. The van der Waals surface area contributed by atoms with E-state index in [-0.39, 0.29) is 12.5 Å². The second-order valence-electron chi connectivity index (χ2n) is 6.63. The van der Waals surface area contributed by atoms with Gasteiger partial charge in [0.15, 0.2) is 11.5 Å². The van der Waals surface area contributed by atoms with Gasteiger partial charge in [-0.1, -0.05) is 18.2 Å². The number of carbonyl (C=O) groups is 1. The van der Waals surface area contributed by atoms with E-state index in [0.29, 0.717) is 24.5 Å². The van der Waals surface area contributed by atoms with Crippen LogP contribution in [0.5, 0.6) is 11.5 Å². The number of nitriles is 1. The maximum atomic E-state index is 12.3. The molecule has 0 unspecified atom stereocenters. The number of amides is 1. The van der Waals surface area contributed by atoms with Gasteiger partial charge < -0.3 is 14.4 Å². The van der Waals surface area contributed by atoms with Crippen LogP contribution in [0.1, 0.15) is 24.5 Å². The Morgan fingerprint density at radius 2 is 2.14 bits per heavy atom. The first-order valence-corrected chi connectivity index (χ1v) is 9.56. The average Bonchev–Trinajstić information content (AvgIpc) is 2.75. The normalized spacial score (nSPS) is 15.0. The fraction of sp³-hybridized carbons (Fsp3) is 0.318. The molecule has 1 heterocycles. The van der Waals surface area contributed by atoms with Crippen LogP contribution in [0.25, 0.3) is 0 Å². The number of ether oxygens (including phenoxy) is 2. The van der Waals surface area contributed by atoms with E-state index in [4.69, 9.17) is 14.7 Å². The van der Waals surface area contributed by atoms with Crippen LogP contribution in [-0.2, 0) is 4.79 Å². The highest BCUT2D eigenvalue weighted by Gasteiger charge is 2.26. The van der Waals surface area contributed by atoms with Crippen molar-refractivity contribution in [3.8, 4) is 17.6 Å². The van der Waals surface area contributed by atoms with Crippen molar-refractivity contribution in [1.82, 2.24) is 5.43 Å². The molecule has 29 heavy (non-hydrogen) atoms. The number of hydrogen-bond donors (Lipinski definition) is 1. The molecule has 1 aliphatic heterocycles. The summed E-state index contributed by atoms with van der Waals surface area (Å²) < 4.78 is 11.2. The van der Waals surface area contributed by atoms with Gasteiger partial charge in [-0.05, 0) is 49.2 Å². The number of aryl methyl sites for hydroxylation is 1. The fourth-order valence-electron chi connectivity index (χ4n) is 3.04. The Bertz CT molecular complexity index is 936. The number of carbonyl (C=O) groups excluding carboxylic acids is 1. The van der Waals surface area contributed by atoms with Gasteiger partial charge in [0.05, 0.1) is 18.7 Å². The van der Waals surface area contributed by atoms with E-state index < -0.39 is 6.10 Å². The minimum atomic E-state index is -0.747. The molecule has 1 amide bonds. The Morgan fingerprint density at radius 3 is 2.86 bits per heavy atom. The van der Waals surface area contributed by atoms with Gasteiger partial charge in [0.1, 0.15) is 6.61 Å². The van der Waals surface area contributed by atoms with Gasteiger partial charge in [0, 0.05) is 18.8 Å². The average molecular weight is 392 g/mol. The first-order valence-electron chi connectivity index (χ1n) is 9.56. The summed E-state index contributed by atoms with van der Waals surface area (Å²) in [7, 11) is 0. The van der Waals surface area contributed by atoms with Crippen LogP contribution in [0.15, 0.2) is 47.6 Å². The molecule has 0 saturated carbocycles. The predicted molar refractivity (Wildman–Crippen MR) is 111 cm³/mol. The maximum absolute atomic E-state index is 12.3. The van der Waals surface area contributed by atoms with E-state index in [9.17, 15) is 4.79 Å². The van der Waals surface area contributed by atoms with E-state index in [1.165, 1.54) is 0 Å². The van der Waals surface area contributed by atoms with Crippen molar-refractivity contribution < 1.29 is 14.3 Å². The minimum absolute atomic E-state index is 0.141. The van der Waals surface area contributed by atoms with Gasteiger partial charge in [0.2, 0.25) is 6.10 Å². The third-order valence-corrected chi connectivity index (χ3v) is 4.67. The highest BCUT2D eigenvalue weighted by molar-refractivity contribution is 5.86. The lowest BCUT2D eigenvalue weighted by molar-refractivity contribution is -0.130. The molecule has 0 aromatic heterocycles. The van der Waals surface area contributed by atoms with Gasteiger partial charge in [-0.3, -0.25) is 4.79 Å². The fourth-order valence-corrected chi connectivity index (χ4v) is 3.04. The van der Waals surface area contributed by atoms with Gasteiger partial charge in [-0.2, -0.15) is 10.4 Å². The van der Waals surface area contributed by atoms with Gasteiger partial charge in [-0.25, -0.2) is 5.43 Å². The third-order valence-electron chi connectivity index (χ3n) is 4.67. The largest absolute Gasteiger partial charge is 0.485 e. The van der Waals surface area contributed by atoms with Gasteiger partial charge in [0.25, 0.3) is 5.91 Å². The molecule has 0 fully saturated rings. The monoisotopic (exact) mass is 392 g/mol. The quantitative estimate of drug-likeness (QED) is 0.578. The smallest absolute Gasteiger partial charge is 0.284 e. The van der Waals surface area contributed by atoms with Crippen molar-refractivity contribution in [1.29, 1.82) is 5.26 Å². The van der Waals surface area contributed by atoms with Crippen molar-refractivity contribution in [2.45, 2.75) is 26.4 Å². The maximum Gasteiger partial charge on any atom is 0.284 e. The highest BCUT2D eigenvalue weighted by Crippen LogP contribution is 2.30. The zero-order valence-electron chi connectivity index (χ0n) is 16.6. The molecule has 7 heteroatoms. The topological polar surface area (TPSA) is 87.0 Å². The van der Waals surface area contributed by atoms with Crippen LogP contribution < -0.4 is 19.8 Å². The van der Waals surface area contributed by atoms with Crippen LogP contribution in [-0.4, -0.2) is 37.9 Å². The lowest BCUT2D eigenvalue weighted by Gasteiger charge is -2.24. The van der Waals surface area contributed by atoms with Crippen LogP contribution in [0.4, 0.5) is 5.69 Å². The Labute approximate surface area is 170 Å². The lowest BCUT2D eigenvalue weighted by atomic mass is 10.1. The zero-order valence-corrected chi connectivity index (χ0v) is 16.6. The molecule has 1 aliphatic rings. The SMILES string of the molecule is CCN(CCC#N)c1ccc(/C=N\NC(=O)[C@@H]2COc3ccccc3O2)c(C)c1. The van der Waals surface area contributed by atoms with E-state index in [1.54, 1.807) is 18.3 Å². The number of rotatable bonds is 7. The Hall–Kier alpha value is -3.53. The molecule has 7 nitrogen and oxygen atoms in total. The summed E-state index contributed by atoms with van der Waals surface area (Å²) in [5.74, 6) is 0.816. The molecule has 0 bridgehead atoms. The van der Waals surface area contributed by atoms with Crippen LogP contribution in [0.3, 0.4) is 0 Å². The van der Waals surface area contributed by atoms with Crippen molar-refractivity contribution in [3.63, 3.8) is 0 Å². The van der Waals surface area contributed by atoms with E-state index >= 15 is 0 Å². The van der Waals surface area contributed by atoms with E-state index in [1.807, 2.05) is 31.2 Å². The molecule has 2 aromatic carbocycles. The summed E-state index contributed by atoms with van der Waals surface area (Å²) >= 11 is 0. The second kappa shape index (κ2) is 9.60. The first-order chi connectivity index (χ1) is 14.1.